The van der Waals surface area contributed by atoms with E-state index in [0.717, 1.165) is 30.0 Å². The van der Waals surface area contributed by atoms with Crippen molar-refractivity contribution in [1.29, 1.82) is 0 Å². The molecule has 2 aromatic heterocycles. The van der Waals surface area contributed by atoms with E-state index in [9.17, 15) is 9.59 Å². The molecule has 0 N–H and O–H groups in total. The number of carbonyl (C=O) groups is 1. The average Bonchev–Trinajstić information content (AvgIpc) is 3.31. The van der Waals surface area contributed by atoms with Crippen LogP contribution in [0.25, 0.3) is 11.1 Å². The van der Waals surface area contributed by atoms with Gasteiger partial charge >= 0.3 is 0 Å². The van der Waals surface area contributed by atoms with Gasteiger partial charge in [-0.3, -0.25) is 9.59 Å². The number of hydrogen-bond acceptors (Lipinski definition) is 6. The Labute approximate surface area is 168 Å². The quantitative estimate of drug-likeness (QED) is 0.664. The van der Waals surface area contributed by atoms with Crippen LogP contribution in [0.4, 0.5) is 5.82 Å². The van der Waals surface area contributed by atoms with Crippen LogP contribution in [0.2, 0.25) is 0 Å². The third kappa shape index (κ3) is 3.34. The van der Waals surface area contributed by atoms with Crippen molar-refractivity contribution in [3.8, 4) is 0 Å². The first-order valence-electron chi connectivity index (χ1n) is 10.2. The number of rotatable bonds is 5. The predicted octanol–water partition coefficient (Wildman–Crippen LogP) is 2.89. The number of aryl methyl sites for hydroxylation is 1. The maximum absolute atomic E-state index is 12.7. The number of nitrogens with zero attached hydrogens (tertiary/aromatic N) is 4. The van der Waals surface area contributed by atoms with Gasteiger partial charge in [0, 0.05) is 25.1 Å². The number of aromatic nitrogens is 3. The molecule has 1 saturated heterocycles. The van der Waals surface area contributed by atoms with Gasteiger partial charge in [0.15, 0.2) is 17.8 Å². The maximum atomic E-state index is 12.7. The van der Waals surface area contributed by atoms with Crippen LogP contribution >= 0.6 is 0 Å². The topological polar surface area (TPSA) is 81.2 Å². The van der Waals surface area contributed by atoms with Gasteiger partial charge in [-0.15, -0.1) is 0 Å². The van der Waals surface area contributed by atoms with Gasteiger partial charge in [0.2, 0.25) is 0 Å². The highest BCUT2D eigenvalue weighted by Crippen LogP contribution is 2.48. The van der Waals surface area contributed by atoms with Crippen LogP contribution in [0.5, 0.6) is 0 Å². The molecule has 7 heteroatoms. The van der Waals surface area contributed by atoms with E-state index < -0.39 is 0 Å². The summed E-state index contributed by atoms with van der Waals surface area (Å²) in [6, 6.07) is 7.37. The second kappa shape index (κ2) is 6.83. The Kier molecular flexibility index (Phi) is 4.26. The van der Waals surface area contributed by atoms with Crippen LogP contribution in [0.3, 0.4) is 0 Å². The number of fused-ring (bicyclic) bond motifs is 1. The van der Waals surface area contributed by atoms with E-state index >= 15 is 0 Å². The number of carbonyl (C=O) groups excluding carboxylic acids is 1. The first kappa shape index (κ1) is 18.1. The van der Waals surface area contributed by atoms with Crippen molar-refractivity contribution in [3.63, 3.8) is 0 Å². The number of oxazole rings is 1. The molecule has 1 aliphatic heterocycles. The minimum Gasteiger partial charge on any atom is -0.443 e. The third-order valence-electron chi connectivity index (χ3n) is 6.44. The summed E-state index contributed by atoms with van der Waals surface area (Å²) in [7, 11) is 0. The van der Waals surface area contributed by atoms with Gasteiger partial charge in [-0.1, -0.05) is 12.5 Å². The van der Waals surface area contributed by atoms with Crippen molar-refractivity contribution >= 4 is 22.7 Å². The minimum absolute atomic E-state index is 0.0245. The highest BCUT2D eigenvalue weighted by atomic mass is 16.3. The molecule has 3 aromatic rings. The Morgan fingerprint density at radius 2 is 2.10 bits per heavy atom. The van der Waals surface area contributed by atoms with E-state index in [0.29, 0.717) is 16.6 Å². The standard InChI is InChI=1S/C22H24N4O3/c1-15-9-20(25-8-7-22(13-25)5-2-6-22)24-26(21(15)28)12-17(27)10-16-3-4-19-18(11-16)23-14-29-19/h3-4,9,11,14H,2,5-8,10,12-13H2,1H3. The molecule has 2 aliphatic rings. The molecule has 1 aromatic carbocycles. The van der Waals surface area contributed by atoms with Crippen LogP contribution in [-0.4, -0.2) is 33.6 Å². The molecule has 29 heavy (non-hydrogen) atoms. The first-order valence-corrected chi connectivity index (χ1v) is 10.2. The zero-order valence-corrected chi connectivity index (χ0v) is 16.6. The summed E-state index contributed by atoms with van der Waals surface area (Å²) >= 11 is 0. The van der Waals surface area contributed by atoms with E-state index in [2.05, 4.69) is 15.0 Å². The number of Topliss-reactive ketones (excluding diaryl/α,β-unsaturated/α-hetero) is 1. The molecule has 2 fully saturated rings. The second-order valence-electron chi connectivity index (χ2n) is 8.54. The van der Waals surface area contributed by atoms with Gasteiger partial charge in [-0.2, -0.15) is 5.10 Å². The lowest BCUT2D eigenvalue weighted by Gasteiger charge is -2.38. The predicted molar refractivity (Wildman–Crippen MR) is 109 cm³/mol. The smallest absolute Gasteiger partial charge is 0.270 e. The fourth-order valence-electron chi connectivity index (χ4n) is 4.60. The molecule has 1 spiro atoms. The fraction of sp³-hybridized carbons (Fsp3) is 0.455. The van der Waals surface area contributed by atoms with Crippen molar-refractivity contribution in [2.45, 2.75) is 45.6 Å². The van der Waals surface area contributed by atoms with Crippen LogP contribution in [0.15, 0.2) is 39.9 Å². The highest BCUT2D eigenvalue weighted by Gasteiger charge is 2.43. The first-order chi connectivity index (χ1) is 14.0. The van der Waals surface area contributed by atoms with Gasteiger partial charge in [-0.25, -0.2) is 9.67 Å². The second-order valence-corrected chi connectivity index (χ2v) is 8.54. The molecule has 1 saturated carbocycles. The lowest BCUT2D eigenvalue weighted by atomic mass is 9.68. The normalized spacial score (nSPS) is 17.8. The Morgan fingerprint density at radius 1 is 1.24 bits per heavy atom. The van der Waals surface area contributed by atoms with E-state index in [-0.39, 0.29) is 24.3 Å². The molecule has 0 bridgehead atoms. The lowest BCUT2D eigenvalue weighted by molar-refractivity contribution is -0.119. The molecular weight excluding hydrogens is 368 g/mol. The summed E-state index contributed by atoms with van der Waals surface area (Å²) in [6.45, 7) is 3.74. The van der Waals surface area contributed by atoms with E-state index in [4.69, 9.17) is 4.42 Å². The van der Waals surface area contributed by atoms with Crippen LogP contribution < -0.4 is 10.5 Å². The van der Waals surface area contributed by atoms with Crippen molar-refractivity contribution < 1.29 is 9.21 Å². The van der Waals surface area contributed by atoms with Crippen molar-refractivity contribution in [1.82, 2.24) is 14.8 Å². The monoisotopic (exact) mass is 392 g/mol. The fourth-order valence-corrected chi connectivity index (χ4v) is 4.60. The summed E-state index contributed by atoms with van der Waals surface area (Å²) in [5.41, 5.74) is 3.14. The van der Waals surface area contributed by atoms with Crippen molar-refractivity contribution in [3.05, 3.63) is 52.1 Å². The van der Waals surface area contributed by atoms with Gasteiger partial charge in [0.05, 0.1) is 0 Å². The summed E-state index contributed by atoms with van der Waals surface area (Å²) in [6.07, 6.45) is 6.70. The molecule has 150 valence electrons. The van der Waals surface area contributed by atoms with Crippen molar-refractivity contribution in [2.75, 3.05) is 18.0 Å². The molecule has 1 aliphatic carbocycles. The van der Waals surface area contributed by atoms with Crippen LogP contribution in [0.1, 0.15) is 36.8 Å². The number of benzene rings is 1. The molecule has 0 unspecified atom stereocenters. The van der Waals surface area contributed by atoms with E-state index in [1.807, 2.05) is 24.3 Å². The molecule has 0 radical (unpaired) electrons. The Balaban J connectivity index is 1.34. The van der Waals surface area contributed by atoms with Crippen molar-refractivity contribution in [2.24, 2.45) is 5.41 Å². The van der Waals surface area contributed by atoms with Gasteiger partial charge in [-0.05, 0) is 55.4 Å². The number of hydrogen-bond donors (Lipinski definition) is 0. The van der Waals surface area contributed by atoms with Gasteiger partial charge < -0.3 is 9.32 Å². The highest BCUT2D eigenvalue weighted by molar-refractivity contribution is 5.82. The van der Waals surface area contributed by atoms with Crippen LogP contribution in [0, 0.1) is 12.3 Å². The zero-order chi connectivity index (χ0) is 20.0. The molecule has 0 amide bonds. The lowest BCUT2D eigenvalue weighted by Crippen LogP contribution is -2.35. The molecular formula is C22H24N4O3. The third-order valence-corrected chi connectivity index (χ3v) is 6.44. The molecule has 0 atom stereocenters. The molecule has 3 heterocycles. The number of ketones is 1. The Bertz CT molecular complexity index is 1140. The summed E-state index contributed by atoms with van der Waals surface area (Å²) in [4.78, 5) is 31.6. The Hall–Kier alpha value is -2.96. The largest absolute Gasteiger partial charge is 0.443 e. The van der Waals surface area contributed by atoms with Crippen LogP contribution in [-0.2, 0) is 17.8 Å². The SMILES string of the molecule is Cc1cc(N2CCC3(CCC3)C2)nn(CC(=O)Cc2ccc3ocnc3c2)c1=O. The average molecular weight is 392 g/mol. The molecule has 7 nitrogen and oxygen atoms in total. The minimum atomic E-state index is -0.202. The molecule has 5 rings (SSSR count). The zero-order valence-electron chi connectivity index (χ0n) is 16.6. The maximum Gasteiger partial charge on any atom is 0.270 e. The van der Waals surface area contributed by atoms with E-state index in [1.54, 1.807) is 6.92 Å². The summed E-state index contributed by atoms with van der Waals surface area (Å²) in [5.74, 6) is 0.749. The van der Waals surface area contributed by atoms with Gasteiger partial charge in [0.25, 0.3) is 5.56 Å². The Morgan fingerprint density at radius 3 is 2.86 bits per heavy atom. The van der Waals surface area contributed by atoms with E-state index in [1.165, 1.54) is 36.8 Å². The summed E-state index contributed by atoms with van der Waals surface area (Å²) in [5, 5.41) is 4.54. The van der Waals surface area contributed by atoms with Gasteiger partial charge in [0.1, 0.15) is 17.9 Å². The number of anilines is 1. The summed E-state index contributed by atoms with van der Waals surface area (Å²) < 4.78 is 6.56.